The van der Waals surface area contributed by atoms with E-state index in [0.717, 1.165) is 12.4 Å². The van der Waals surface area contributed by atoms with Gasteiger partial charge in [-0.2, -0.15) is 10.1 Å². The molecule has 110 valence electrons. The van der Waals surface area contributed by atoms with Gasteiger partial charge in [-0.15, -0.1) is 5.10 Å². The van der Waals surface area contributed by atoms with Crippen LogP contribution < -0.4 is 10.6 Å². The minimum Gasteiger partial charge on any atom is -0.365 e. The standard InChI is InChI=1S/C16H21N5/c1-12-5-4-6-13(9-12)10-17-15-11-18-21-16(20-15)19-14-7-2-3-8-14/h4-6,9,11,14H,2-3,7-8,10H2,1H3,(H2,17,19,20,21). The van der Waals surface area contributed by atoms with E-state index in [1.54, 1.807) is 6.20 Å². The van der Waals surface area contributed by atoms with Gasteiger partial charge in [0.05, 0.1) is 6.20 Å². The van der Waals surface area contributed by atoms with E-state index in [4.69, 9.17) is 0 Å². The molecule has 5 heteroatoms. The molecule has 2 N–H and O–H groups in total. The molecule has 3 rings (SSSR count). The fourth-order valence-corrected chi connectivity index (χ4v) is 2.72. The third-order valence-electron chi connectivity index (χ3n) is 3.80. The van der Waals surface area contributed by atoms with Crippen molar-refractivity contribution < 1.29 is 0 Å². The second-order valence-corrected chi connectivity index (χ2v) is 5.63. The number of hydrogen-bond acceptors (Lipinski definition) is 5. The highest BCUT2D eigenvalue weighted by Crippen LogP contribution is 2.20. The second-order valence-electron chi connectivity index (χ2n) is 5.63. The molecule has 0 radical (unpaired) electrons. The highest BCUT2D eigenvalue weighted by molar-refractivity contribution is 5.38. The van der Waals surface area contributed by atoms with Crippen LogP contribution in [0, 0.1) is 6.92 Å². The van der Waals surface area contributed by atoms with Crippen LogP contribution in [-0.4, -0.2) is 21.2 Å². The summed E-state index contributed by atoms with van der Waals surface area (Å²) in [7, 11) is 0. The molecular formula is C16H21N5. The van der Waals surface area contributed by atoms with Crippen molar-refractivity contribution in [2.24, 2.45) is 0 Å². The number of nitrogens with one attached hydrogen (secondary N) is 2. The van der Waals surface area contributed by atoms with Crippen molar-refractivity contribution in [1.82, 2.24) is 15.2 Å². The Bertz CT molecular complexity index is 593. The largest absolute Gasteiger partial charge is 0.365 e. The van der Waals surface area contributed by atoms with Gasteiger partial charge in [0.15, 0.2) is 5.82 Å². The maximum Gasteiger partial charge on any atom is 0.244 e. The van der Waals surface area contributed by atoms with Crippen LogP contribution in [-0.2, 0) is 6.54 Å². The van der Waals surface area contributed by atoms with Gasteiger partial charge < -0.3 is 10.6 Å². The molecule has 2 aromatic rings. The number of hydrogen-bond donors (Lipinski definition) is 2. The summed E-state index contributed by atoms with van der Waals surface area (Å²) in [4.78, 5) is 4.48. The van der Waals surface area contributed by atoms with Crippen LogP contribution in [0.15, 0.2) is 30.5 Å². The van der Waals surface area contributed by atoms with Crippen molar-refractivity contribution in [3.8, 4) is 0 Å². The van der Waals surface area contributed by atoms with E-state index in [0.29, 0.717) is 12.0 Å². The van der Waals surface area contributed by atoms with Crippen LogP contribution in [0.4, 0.5) is 11.8 Å². The molecule has 0 aliphatic heterocycles. The van der Waals surface area contributed by atoms with Crippen LogP contribution in [0.3, 0.4) is 0 Å². The van der Waals surface area contributed by atoms with E-state index in [1.807, 2.05) is 0 Å². The van der Waals surface area contributed by atoms with Crippen LogP contribution >= 0.6 is 0 Å². The maximum absolute atomic E-state index is 4.48. The number of nitrogens with zero attached hydrogens (tertiary/aromatic N) is 3. The number of rotatable bonds is 5. The van der Waals surface area contributed by atoms with Crippen LogP contribution in [0.1, 0.15) is 36.8 Å². The predicted molar refractivity (Wildman–Crippen MR) is 84.2 cm³/mol. The van der Waals surface area contributed by atoms with Gasteiger partial charge >= 0.3 is 0 Å². The Labute approximate surface area is 125 Å². The van der Waals surface area contributed by atoms with Crippen molar-refractivity contribution in [1.29, 1.82) is 0 Å². The van der Waals surface area contributed by atoms with Gasteiger partial charge in [-0.3, -0.25) is 0 Å². The zero-order valence-corrected chi connectivity index (χ0v) is 12.3. The molecule has 0 unspecified atom stereocenters. The minimum absolute atomic E-state index is 0.499. The average molecular weight is 283 g/mol. The molecule has 0 amide bonds. The molecular weight excluding hydrogens is 262 g/mol. The summed E-state index contributed by atoms with van der Waals surface area (Å²) < 4.78 is 0. The maximum atomic E-state index is 4.48. The molecule has 1 heterocycles. The molecule has 1 aliphatic rings. The third-order valence-corrected chi connectivity index (χ3v) is 3.80. The van der Waals surface area contributed by atoms with Crippen molar-refractivity contribution in [3.63, 3.8) is 0 Å². The Morgan fingerprint density at radius 1 is 1.24 bits per heavy atom. The molecule has 0 atom stereocenters. The first kappa shape index (κ1) is 13.8. The van der Waals surface area contributed by atoms with Crippen molar-refractivity contribution in [2.75, 3.05) is 10.6 Å². The van der Waals surface area contributed by atoms with Crippen molar-refractivity contribution in [3.05, 3.63) is 41.6 Å². The average Bonchev–Trinajstić information content (AvgIpc) is 2.99. The van der Waals surface area contributed by atoms with E-state index in [1.165, 1.54) is 36.8 Å². The highest BCUT2D eigenvalue weighted by Gasteiger charge is 2.15. The Kier molecular flexibility index (Phi) is 4.28. The predicted octanol–water partition coefficient (Wildman–Crippen LogP) is 3.15. The van der Waals surface area contributed by atoms with E-state index in [2.05, 4.69) is 57.0 Å². The molecule has 0 spiro atoms. The topological polar surface area (TPSA) is 62.7 Å². The molecule has 0 bridgehead atoms. The van der Waals surface area contributed by atoms with Gasteiger partial charge in [-0.1, -0.05) is 42.7 Å². The number of aromatic nitrogens is 3. The summed E-state index contributed by atoms with van der Waals surface area (Å²) in [6.45, 7) is 2.84. The van der Waals surface area contributed by atoms with Gasteiger partial charge in [0.25, 0.3) is 0 Å². The first-order valence-corrected chi connectivity index (χ1v) is 7.55. The summed E-state index contributed by atoms with van der Waals surface area (Å²) in [5.41, 5.74) is 2.50. The van der Waals surface area contributed by atoms with E-state index in [-0.39, 0.29) is 0 Å². The fourth-order valence-electron chi connectivity index (χ4n) is 2.72. The summed E-state index contributed by atoms with van der Waals surface area (Å²) in [5, 5.41) is 14.7. The number of benzene rings is 1. The van der Waals surface area contributed by atoms with Gasteiger partial charge in [0.1, 0.15) is 0 Å². The number of aryl methyl sites for hydroxylation is 1. The molecule has 21 heavy (non-hydrogen) atoms. The van der Waals surface area contributed by atoms with Gasteiger partial charge in [0, 0.05) is 12.6 Å². The van der Waals surface area contributed by atoms with E-state index < -0.39 is 0 Å². The Morgan fingerprint density at radius 2 is 2.10 bits per heavy atom. The van der Waals surface area contributed by atoms with E-state index >= 15 is 0 Å². The van der Waals surface area contributed by atoms with Crippen LogP contribution in [0.5, 0.6) is 0 Å². The lowest BCUT2D eigenvalue weighted by Crippen LogP contribution is -2.17. The lowest BCUT2D eigenvalue weighted by atomic mass is 10.1. The normalized spacial score (nSPS) is 15.1. The minimum atomic E-state index is 0.499. The Hall–Kier alpha value is -2.17. The summed E-state index contributed by atoms with van der Waals surface area (Å²) >= 11 is 0. The molecule has 0 saturated heterocycles. The van der Waals surface area contributed by atoms with Gasteiger partial charge in [-0.05, 0) is 25.3 Å². The number of anilines is 2. The van der Waals surface area contributed by atoms with Gasteiger partial charge in [0.2, 0.25) is 5.95 Å². The van der Waals surface area contributed by atoms with E-state index in [9.17, 15) is 0 Å². The molecule has 1 aromatic carbocycles. The summed E-state index contributed by atoms with van der Waals surface area (Å²) in [6.07, 6.45) is 6.64. The molecule has 5 nitrogen and oxygen atoms in total. The first-order chi connectivity index (χ1) is 10.3. The second kappa shape index (κ2) is 6.52. The Morgan fingerprint density at radius 3 is 2.90 bits per heavy atom. The lowest BCUT2D eigenvalue weighted by Gasteiger charge is -2.12. The SMILES string of the molecule is Cc1cccc(CNc2cnnc(NC3CCCC3)n2)c1. The lowest BCUT2D eigenvalue weighted by molar-refractivity contribution is 0.737. The fraction of sp³-hybridized carbons (Fsp3) is 0.438. The molecule has 1 aromatic heterocycles. The summed E-state index contributed by atoms with van der Waals surface area (Å²) in [5.74, 6) is 1.38. The Balaban J connectivity index is 1.60. The van der Waals surface area contributed by atoms with Crippen LogP contribution in [0.2, 0.25) is 0 Å². The third kappa shape index (κ3) is 3.90. The zero-order valence-electron chi connectivity index (χ0n) is 12.3. The summed E-state index contributed by atoms with van der Waals surface area (Å²) in [6, 6.07) is 8.93. The van der Waals surface area contributed by atoms with Crippen LogP contribution in [0.25, 0.3) is 0 Å². The van der Waals surface area contributed by atoms with Gasteiger partial charge in [-0.25, -0.2) is 0 Å². The smallest absolute Gasteiger partial charge is 0.244 e. The highest BCUT2D eigenvalue weighted by atomic mass is 15.3. The molecule has 1 saturated carbocycles. The molecule has 1 fully saturated rings. The monoisotopic (exact) mass is 283 g/mol. The van der Waals surface area contributed by atoms with Crippen molar-refractivity contribution in [2.45, 2.75) is 45.2 Å². The zero-order chi connectivity index (χ0) is 14.5. The molecule has 1 aliphatic carbocycles. The first-order valence-electron chi connectivity index (χ1n) is 7.55. The quantitative estimate of drug-likeness (QED) is 0.882. The van der Waals surface area contributed by atoms with Crippen molar-refractivity contribution >= 4 is 11.8 Å².